The van der Waals surface area contributed by atoms with E-state index >= 15 is 0 Å². The number of benzene rings is 1. The fourth-order valence-corrected chi connectivity index (χ4v) is 4.18. The fraction of sp³-hybridized carbons (Fsp3) is 0.353. The van der Waals surface area contributed by atoms with Gasteiger partial charge in [0.1, 0.15) is 5.82 Å². The number of pyridine rings is 1. The van der Waals surface area contributed by atoms with Crippen LogP contribution in [0.25, 0.3) is 0 Å². The lowest BCUT2D eigenvalue weighted by Gasteiger charge is -2.18. The van der Waals surface area contributed by atoms with Crippen molar-refractivity contribution < 1.29 is 34.8 Å². The molecule has 1 N–H and O–H groups in total. The number of hydrogen-bond donors (Lipinski definition) is 1. The van der Waals surface area contributed by atoms with Crippen LogP contribution in [-0.4, -0.2) is 32.5 Å². The third-order valence-corrected chi connectivity index (χ3v) is 5.94. The van der Waals surface area contributed by atoms with Crippen LogP contribution in [-0.2, 0) is 22.4 Å². The van der Waals surface area contributed by atoms with Crippen LogP contribution >= 0.6 is 0 Å². The first-order valence-electron chi connectivity index (χ1n) is 8.34. The van der Waals surface area contributed by atoms with E-state index in [0.717, 1.165) is 18.2 Å². The van der Waals surface area contributed by atoms with Gasteiger partial charge >= 0.3 is 12.4 Å². The third kappa shape index (κ3) is 4.99. The van der Waals surface area contributed by atoms with Gasteiger partial charge in [-0.05, 0) is 42.8 Å². The van der Waals surface area contributed by atoms with Gasteiger partial charge in [-0.3, -0.25) is 0 Å². The molecule has 1 fully saturated rings. The summed E-state index contributed by atoms with van der Waals surface area (Å²) in [5.74, 6) is 0.272. The summed E-state index contributed by atoms with van der Waals surface area (Å²) >= 11 is 0. The van der Waals surface area contributed by atoms with Crippen molar-refractivity contribution in [2.45, 2.75) is 29.7 Å². The summed E-state index contributed by atoms with van der Waals surface area (Å²) in [5, 5.41) is 0. The molecule has 0 spiro atoms. The van der Waals surface area contributed by atoms with Crippen LogP contribution in [0.15, 0.2) is 47.5 Å². The van der Waals surface area contributed by atoms with Crippen LogP contribution in [0.2, 0.25) is 0 Å². The lowest BCUT2D eigenvalue weighted by molar-refractivity contribution is -0.138. The number of anilines is 1. The van der Waals surface area contributed by atoms with E-state index in [-0.39, 0.29) is 17.3 Å². The van der Waals surface area contributed by atoms with E-state index in [2.05, 4.69) is 9.71 Å². The van der Waals surface area contributed by atoms with Crippen LogP contribution in [0.3, 0.4) is 0 Å². The Morgan fingerprint density at radius 1 is 0.931 bits per heavy atom. The Kier molecular flexibility index (Phi) is 5.52. The summed E-state index contributed by atoms with van der Waals surface area (Å²) in [6.45, 7) is 0.525. The number of nitrogens with zero attached hydrogens (tertiary/aromatic N) is 2. The number of sulfonamides is 1. The highest BCUT2D eigenvalue weighted by atomic mass is 32.2. The van der Waals surface area contributed by atoms with Crippen molar-refractivity contribution in [2.75, 3.05) is 18.0 Å². The molecule has 0 aliphatic carbocycles. The summed E-state index contributed by atoms with van der Waals surface area (Å²) in [5.41, 5.74) is -1.85. The van der Waals surface area contributed by atoms with Gasteiger partial charge in [-0.25, -0.2) is 18.1 Å². The Hall–Kier alpha value is -2.34. The van der Waals surface area contributed by atoms with Crippen LogP contribution in [0, 0.1) is 0 Å². The molecule has 158 valence electrons. The Morgan fingerprint density at radius 2 is 1.52 bits per heavy atom. The van der Waals surface area contributed by atoms with Gasteiger partial charge in [0.2, 0.25) is 10.0 Å². The minimum atomic E-state index is -4.57. The van der Waals surface area contributed by atoms with Gasteiger partial charge < -0.3 is 4.90 Å². The minimum absolute atomic E-state index is 0.165. The van der Waals surface area contributed by atoms with Crippen molar-refractivity contribution in [3.63, 3.8) is 0 Å². The van der Waals surface area contributed by atoms with Gasteiger partial charge in [0.25, 0.3) is 0 Å². The number of halogens is 6. The van der Waals surface area contributed by atoms with Crippen LogP contribution in [0.1, 0.15) is 17.5 Å². The molecular formula is C17H15F6N3O2S. The molecule has 0 amide bonds. The normalized spacial score (nSPS) is 18.3. The quantitative estimate of drug-likeness (QED) is 0.739. The summed E-state index contributed by atoms with van der Waals surface area (Å²) in [6.07, 6.45) is -8.01. The Morgan fingerprint density at radius 3 is 2.03 bits per heavy atom. The number of rotatable bonds is 4. The first kappa shape index (κ1) is 21.4. The molecule has 1 saturated heterocycles. The van der Waals surface area contributed by atoms with Gasteiger partial charge in [0.05, 0.1) is 16.0 Å². The van der Waals surface area contributed by atoms with Crippen LogP contribution in [0.5, 0.6) is 0 Å². The van der Waals surface area contributed by atoms with Crippen molar-refractivity contribution in [1.29, 1.82) is 0 Å². The standard InChI is InChI=1S/C17H15F6N3O2S/c18-16(19,20)11-1-4-14(5-2-11)29(27,28)25-13-7-8-26(10-13)15-6-3-12(9-24-15)17(21,22)23/h1-6,9,13,25H,7-8,10H2. The first-order valence-corrected chi connectivity index (χ1v) is 9.82. The maximum atomic E-state index is 12.6. The minimum Gasteiger partial charge on any atom is -0.355 e. The maximum Gasteiger partial charge on any atom is 0.417 e. The molecule has 1 aromatic heterocycles. The van der Waals surface area contributed by atoms with E-state index in [1.807, 2.05) is 0 Å². The molecule has 0 saturated carbocycles. The van der Waals surface area contributed by atoms with Crippen molar-refractivity contribution in [1.82, 2.24) is 9.71 Å². The summed E-state index contributed by atoms with van der Waals surface area (Å²) < 4.78 is 103. The summed E-state index contributed by atoms with van der Waals surface area (Å²) in [6, 6.07) is 4.64. The maximum absolute atomic E-state index is 12.6. The Balaban J connectivity index is 1.66. The lowest BCUT2D eigenvalue weighted by Crippen LogP contribution is -2.37. The topological polar surface area (TPSA) is 62.3 Å². The molecule has 29 heavy (non-hydrogen) atoms. The van der Waals surface area contributed by atoms with E-state index < -0.39 is 39.5 Å². The summed E-state index contributed by atoms with van der Waals surface area (Å²) in [7, 11) is -4.05. The second-order valence-corrected chi connectivity index (χ2v) is 8.19. The molecule has 1 aromatic carbocycles. The van der Waals surface area contributed by atoms with Crippen molar-refractivity contribution >= 4 is 15.8 Å². The second kappa shape index (κ2) is 7.48. The predicted octanol–water partition coefficient (Wildman–Crippen LogP) is 3.68. The SMILES string of the molecule is O=S(=O)(NC1CCN(c2ccc(C(F)(F)F)cn2)C1)c1ccc(C(F)(F)F)cc1. The van der Waals surface area contributed by atoms with E-state index in [9.17, 15) is 34.8 Å². The smallest absolute Gasteiger partial charge is 0.355 e. The zero-order valence-corrected chi connectivity index (χ0v) is 15.4. The predicted molar refractivity (Wildman–Crippen MR) is 91.6 cm³/mol. The average Bonchev–Trinajstić information content (AvgIpc) is 3.08. The van der Waals surface area contributed by atoms with E-state index in [4.69, 9.17) is 0 Å². The van der Waals surface area contributed by atoms with Crippen molar-refractivity contribution in [3.8, 4) is 0 Å². The fourth-order valence-electron chi connectivity index (χ4n) is 2.92. The average molecular weight is 439 g/mol. The molecule has 12 heteroatoms. The molecule has 3 rings (SSSR count). The molecule has 2 aromatic rings. The van der Waals surface area contributed by atoms with Crippen molar-refractivity contribution in [2.24, 2.45) is 0 Å². The van der Waals surface area contributed by atoms with E-state index in [1.165, 1.54) is 6.07 Å². The van der Waals surface area contributed by atoms with Gasteiger partial charge in [-0.2, -0.15) is 26.3 Å². The summed E-state index contributed by atoms with van der Waals surface area (Å²) in [4.78, 5) is 5.09. The molecule has 1 aliphatic rings. The number of alkyl halides is 6. The number of nitrogens with one attached hydrogen (secondary N) is 1. The van der Waals surface area contributed by atoms with E-state index in [1.54, 1.807) is 4.90 Å². The third-order valence-electron chi connectivity index (χ3n) is 4.40. The molecule has 0 radical (unpaired) electrons. The monoisotopic (exact) mass is 439 g/mol. The largest absolute Gasteiger partial charge is 0.417 e. The molecular weight excluding hydrogens is 424 g/mol. The first-order chi connectivity index (χ1) is 13.4. The van der Waals surface area contributed by atoms with Crippen LogP contribution < -0.4 is 9.62 Å². The second-order valence-electron chi connectivity index (χ2n) is 6.48. The lowest BCUT2D eigenvalue weighted by atomic mass is 10.2. The number of hydrogen-bond acceptors (Lipinski definition) is 4. The Bertz CT molecular complexity index is 957. The molecule has 1 aliphatic heterocycles. The highest BCUT2D eigenvalue weighted by molar-refractivity contribution is 7.89. The zero-order valence-electron chi connectivity index (χ0n) is 14.6. The molecule has 0 bridgehead atoms. The molecule has 5 nitrogen and oxygen atoms in total. The highest BCUT2D eigenvalue weighted by Crippen LogP contribution is 2.31. The Labute approximate surface area is 162 Å². The molecule has 1 unspecified atom stereocenters. The van der Waals surface area contributed by atoms with Gasteiger partial charge in [0, 0.05) is 25.3 Å². The zero-order chi connectivity index (χ0) is 21.4. The van der Waals surface area contributed by atoms with Gasteiger partial charge in [-0.1, -0.05) is 0 Å². The highest BCUT2D eigenvalue weighted by Gasteiger charge is 2.33. The van der Waals surface area contributed by atoms with E-state index in [0.29, 0.717) is 31.3 Å². The molecule has 1 atom stereocenters. The van der Waals surface area contributed by atoms with Crippen LogP contribution in [0.4, 0.5) is 32.2 Å². The van der Waals surface area contributed by atoms with Gasteiger partial charge in [0.15, 0.2) is 0 Å². The van der Waals surface area contributed by atoms with Crippen molar-refractivity contribution in [3.05, 3.63) is 53.7 Å². The number of aromatic nitrogens is 1. The molecule has 2 heterocycles. The van der Waals surface area contributed by atoms with Gasteiger partial charge in [-0.15, -0.1) is 0 Å².